The van der Waals surface area contributed by atoms with Gasteiger partial charge in [0.25, 0.3) is 0 Å². The highest BCUT2D eigenvalue weighted by Crippen LogP contribution is 2.20. The summed E-state index contributed by atoms with van der Waals surface area (Å²) in [6, 6.07) is 18.7. The monoisotopic (exact) mass is 339 g/mol. The Kier molecular flexibility index (Phi) is 3.84. The normalized spacial score (nSPS) is 10.4. The largest absolute Gasteiger partial charge is 0.338 e. The molecular weight excluding hydrogens is 326 g/mol. The number of fused-ring (bicyclic) bond motifs is 1. The van der Waals surface area contributed by atoms with E-state index in [1.165, 1.54) is 6.33 Å². The van der Waals surface area contributed by atoms with Crippen molar-refractivity contribution < 1.29 is 0 Å². The van der Waals surface area contributed by atoms with Gasteiger partial charge in [-0.05, 0) is 36.4 Å². The van der Waals surface area contributed by atoms with E-state index < -0.39 is 0 Å². The van der Waals surface area contributed by atoms with Gasteiger partial charge < -0.3 is 5.32 Å². The van der Waals surface area contributed by atoms with Gasteiger partial charge in [0.2, 0.25) is 0 Å². The number of aromatic nitrogens is 4. The van der Waals surface area contributed by atoms with Gasteiger partial charge in [0.15, 0.2) is 11.3 Å². The molecule has 0 unspecified atom stereocenters. The van der Waals surface area contributed by atoms with Crippen LogP contribution in [0.1, 0.15) is 5.56 Å². The van der Waals surface area contributed by atoms with Gasteiger partial charge in [-0.15, -0.1) is 0 Å². The highest BCUT2D eigenvalue weighted by atomic mass is 15.1. The van der Waals surface area contributed by atoms with Crippen molar-refractivity contribution in [1.29, 1.82) is 10.7 Å². The molecule has 0 saturated heterocycles. The Bertz CT molecular complexity index is 1170. The van der Waals surface area contributed by atoms with Gasteiger partial charge in [-0.2, -0.15) is 5.26 Å². The first-order valence-electron chi connectivity index (χ1n) is 7.86. The van der Waals surface area contributed by atoms with E-state index in [-0.39, 0.29) is 5.49 Å². The molecule has 124 valence electrons. The third-order valence-corrected chi connectivity index (χ3v) is 3.90. The number of benzene rings is 2. The van der Waals surface area contributed by atoms with Gasteiger partial charge in [0.1, 0.15) is 23.7 Å². The van der Waals surface area contributed by atoms with Gasteiger partial charge in [-0.3, -0.25) is 9.98 Å². The Hall–Kier alpha value is -4.05. The SMILES string of the molecule is N#Cc1ccc(Nc2ncnc3c(=N)n(-c4ccccc4)cnc23)cc1. The Morgan fingerprint density at radius 1 is 0.923 bits per heavy atom. The minimum absolute atomic E-state index is 0.228. The molecule has 0 aliphatic carbocycles. The predicted molar refractivity (Wildman–Crippen MR) is 97.0 cm³/mol. The summed E-state index contributed by atoms with van der Waals surface area (Å²) in [6.07, 6.45) is 3.00. The van der Waals surface area contributed by atoms with Crippen molar-refractivity contribution in [2.45, 2.75) is 0 Å². The third-order valence-electron chi connectivity index (χ3n) is 3.90. The summed E-state index contributed by atoms with van der Waals surface area (Å²) in [4.78, 5) is 12.9. The van der Waals surface area contributed by atoms with Gasteiger partial charge in [0.05, 0.1) is 11.6 Å². The first-order chi connectivity index (χ1) is 12.8. The summed E-state index contributed by atoms with van der Waals surface area (Å²) in [6.45, 7) is 0. The number of hydrogen-bond donors (Lipinski definition) is 2. The summed E-state index contributed by atoms with van der Waals surface area (Å²) in [7, 11) is 0. The zero-order chi connectivity index (χ0) is 17.9. The van der Waals surface area contributed by atoms with Crippen LogP contribution in [0.25, 0.3) is 16.7 Å². The molecule has 2 N–H and O–H groups in total. The van der Waals surface area contributed by atoms with E-state index in [9.17, 15) is 0 Å². The maximum atomic E-state index is 8.89. The minimum Gasteiger partial charge on any atom is -0.338 e. The zero-order valence-electron chi connectivity index (χ0n) is 13.6. The van der Waals surface area contributed by atoms with E-state index in [0.717, 1.165) is 11.4 Å². The maximum absolute atomic E-state index is 8.89. The molecule has 0 atom stereocenters. The molecule has 0 spiro atoms. The fourth-order valence-electron chi connectivity index (χ4n) is 2.60. The average molecular weight is 339 g/mol. The van der Waals surface area contributed by atoms with Gasteiger partial charge in [-0.1, -0.05) is 18.2 Å². The molecule has 4 rings (SSSR count). The highest BCUT2D eigenvalue weighted by Gasteiger charge is 2.10. The number of nitrogens with one attached hydrogen (secondary N) is 2. The molecule has 26 heavy (non-hydrogen) atoms. The molecule has 0 bridgehead atoms. The van der Waals surface area contributed by atoms with Crippen LogP contribution in [0.5, 0.6) is 0 Å². The number of para-hydroxylation sites is 1. The Balaban J connectivity index is 1.79. The topological polar surface area (TPSA) is 103 Å². The van der Waals surface area contributed by atoms with Crippen LogP contribution in [-0.4, -0.2) is 19.5 Å². The maximum Gasteiger partial charge on any atom is 0.160 e. The molecule has 2 aromatic carbocycles. The van der Waals surface area contributed by atoms with Crippen LogP contribution in [0.2, 0.25) is 0 Å². The van der Waals surface area contributed by atoms with Crippen LogP contribution in [0.15, 0.2) is 67.3 Å². The molecule has 2 heterocycles. The number of hydrogen-bond acceptors (Lipinski definition) is 6. The second-order valence-electron chi connectivity index (χ2n) is 5.53. The summed E-state index contributed by atoms with van der Waals surface area (Å²) >= 11 is 0. The van der Waals surface area contributed by atoms with Gasteiger partial charge in [-0.25, -0.2) is 15.0 Å². The van der Waals surface area contributed by atoms with Crippen molar-refractivity contribution in [3.63, 3.8) is 0 Å². The number of nitriles is 1. The molecular formula is C19H13N7. The Morgan fingerprint density at radius 3 is 2.42 bits per heavy atom. The van der Waals surface area contributed by atoms with Crippen molar-refractivity contribution in [2.75, 3.05) is 5.32 Å². The molecule has 7 heteroatoms. The Morgan fingerprint density at radius 2 is 1.69 bits per heavy atom. The molecule has 0 aliphatic rings. The quantitative estimate of drug-likeness (QED) is 0.597. The van der Waals surface area contributed by atoms with Crippen LogP contribution in [-0.2, 0) is 0 Å². The van der Waals surface area contributed by atoms with Crippen molar-refractivity contribution in [2.24, 2.45) is 0 Å². The highest BCUT2D eigenvalue weighted by molar-refractivity contribution is 5.86. The van der Waals surface area contributed by atoms with Gasteiger partial charge >= 0.3 is 0 Å². The fourth-order valence-corrected chi connectivity index (χ4v) is 2.60. The predicted octanol–water partition coefficient (Wildman–Crippen LogP) is 2.91. The van der Waals surface area contributed by atoms with E-state index in [1.54, 1.807) is 35.2 Å². The van der Waals surface area contributed by atoms with Crippen LogP contribution in [0.3, 0.4) is 0 Å². The van der Waals surface area contributed by atoms with Gasteiger partial charge in [0, 0.05) is 11.4 Å². The first kappa shape index (κ1) is 15.5. The fraction of sp³-hybridized carbons (Fsp3) is 0. The van der Waals surface area contributed by atoms with Crippen molar-refractivity contribution in [3.8, 4) is 11.8 Å². The first-order valence-corrected chi connectivity index (χ1v) is 7.86. The standard InChI is InChI=1S/C19H13N7/c20-10-13-6-8-14(9-7-13)25-19-17-16(22-11-23-19)18(21)26(12-24-17)15-4-2-1-3-5-15/h1-9,11-12,21H,(H,22,23,25). The Labute approximate surface area is 148 Å². The van der Waals surface area contributed by atoms with E-state index in [2.05, 4.69) is 26.3 Å². The molecule has 2 aromatic heterocycles. The molecule has 0 saturated carbocycles. The lowest BCUT2D eigenvalue weighted by Gasteiger charge is -2.10. The summed E-state index contributed by atoms with van der Waals surface area (Å²) in [5.41, 5.74) is 3.38. The number of anilines is 2. The molecule has 0 fully saturated rings. The third kappa shape index (κ3) is 2.76. The van der Waals surface area contributed by atoms with E-state index in [0.29, 0.717) is 22.4 Å². The molecule has 4 aromatic rings. The minimum atomic E-state index is 0.228. The van der Waals surface area contributed by atoms with Crippen molar-refractivity contribution in [1.82, 2.24) is 19.5 Å². The van der Waals surface area contributed by atoms with Crippen LogP contribution >= 0.6 is 0 Å². The van der Waals surface area contributed by atoms with Crippen LogP contribution < -0.4 is 10.8 Å². The summed E-state index contributed by atoms with van der Waals surface area (Å²) in [5.74, 6) is 0.508. The van der Waals surface area contributed by atoms with E-state index >= 15 is 0 Å². The molecule has 7 nitrogen and oxygen atoms in total. The second kappa shape index (κ2) is 6.45. The van der Waals surface area contributed by atoms with Crippen molar-refractivity contribution in [3.05, 3.63) is 78.3 Å². The van der Waals surface area contributed by atoms with E-state index in [4.69, 9.17) is 10.7 Å². The molecule has 0 radical (unpaired) electrons. The summed E-state index contributed by atoms with van der Waals surface area (Å²) in [5, 5.41) is 20.5. The lowest BCUT2D eigenvalue weighted by atomic mass is 10.2. The van der Waals surface area contributed by atoms with E-state index in [1.807, 2.05) is 30.3 Å². The molecule has 0 aliphatic heterocycles. The van der Waals surface area contributed by atoms with Crippen LogP contribution in [0, 0.1) is 16.7 Å². The lowest BCUT2D eigenvalue weighted by Crippen LogP contribution is -2.20. The average Bonchev–Trinajstić information content (AvgIpc) is 2.70. The second-order valence-corrected chi connectivity index (χ2v) is 5.53. The zero-order valence-corrected chi connectivity index (χ0v) is 13.6. The number of nitrogens with zero attached hydrogens (tertiary/aromatic N) is 5. The van der Waals surface area contributed by atoms with Crippen LogP contribution in [0.4, 0.5) is 11.5 Å². The molecule has 0 amide bonds. The number of rotatable bonds is 3. The summed E-state index contributed by atoms with van der Waals surface area (Å²) < 4.78 is 1.67. The lowest BCUT2D eigenvalue weighted by molar-refractivity contribution is 0.900. The van der Waals surface area contributed by atoms with Crippen molar-refractivity contribution >= 4 is 22.5 Å². The smallest absolute Gasteiger partial charge is 0.160 e.